The van der Waals surface area contributed by atoms with E-state index in [9.17, 15) is 25.0 Å². The number of fused-ring (bicyclic) bond motifs is 1. The number of carbonyl (C=O) groups is 1. The van der Waals surface area contributed by atoms with Gasteiger partial charge in [-0.1, -0.05) is 24.3 Å². The number of nitrogens with one attached hydrogen (secondary N) is 1. The zero-order valence-corrected chi connectivity index (χ0v) is 16.0. The number of benzene rings is 2. The number of hydrogen-bond acceptors (Lipinski definition) is 7. The standard InChI is InChI=1S/C20H12N4O5S/c25-20(22-16-8-7-12(23(26)27)10-18(16)24(28)29)14-11-17(19-6-3-9-30-19)21-15-5-2-1-4-13(14)15/h1-11H,(H,22,25). The van der Waals surface area contributed by atoms with Crippen molar-refractivity contribution in [3.63, 3.8) is 0 Å². The highest BCUT2D eigenvalue weighted by Gasteiger charge is 2.22. The zero-order valence-electron chi connectivity index (χ0n) is 15.1. The highest BCUT2D eigenvalue weighted by atomic mass is 32.1. The van der Waals surface area contributed by atoms with Crippen LogP contribution in [0, 0.1) is 20.2 Å². The van der Waals surface area contributed by atoms with Crippen LogP contribution in [-0.4, -0.2) is 20.7 Å². The fourth-order valence-electron chi connectivity index (χ4n) is 2.99. The van der Waals surface area contributed by atoms with Gasteiger partial charge in [-0.15, -0.1) is 11.3 Å². The summed E-state index contributed by atoms with van der Waals surface area (Å²) >= 11 is 1.47. The maximum Gasteiger partial charge on any atom is 0.299 e. The quantitative estimate of drug-likeness (QED) is 0.356. The van der Waals surface area contributed by atoms with Gasteiger partial charge in [-0.3, -0.25) is 25.0 Å². The van der Waals surface area contributed by atoms with Gasteiger partial charge in [0.2, 0.25) is 0 Å². The molecule has 0 radical (unpaired) electrons. The van der Waals surface area contributed by atoms with Crippen molar-refractivity contribution < 1.29 is 14.6 Å². The molecule has 2 aromatic carbocycles. The molecule has 0 fully saturated rings. The highest BCUT2D eigenvalue weighted by molar-refractivity contribution is 7.13. The van der Waals surface area contributed by atoms with Gasteiger partial charge in [-0.05, 0) is 29.6 Å². The molecule has 148 valence electrons. The Labute approximate surface area is 172 Å². The molecule has 0 bridgehead atoms. The summed E-state index contributed by atoms with van der Waals surface area (Å²) in [7, 11) is 0. The number of nitrogens with zero attached hydrogens (tertiary/aromatic N) is 3. The molecule has 1 amide bonds. The van der Waals surface area contributed by atoms with Crippen molar-refractivity contribution in [2.75, 3.05) is 5.32 Å². The Balaban J connectivity index is 1.79. The summed E-state index contributed by atoms with van der Waals surface area (Å²) in [6, 6.07) is 15.5. The van der Waals surface area contributed by atoms with Crippen molar-refractivity contribution in [2.24, 2.45) is 0 Å². The largest absolute Gasteiger partial charge is 0.316 e. The molecular weight excluding hydrogens is 408 g/mol. The Bertz CT molecular complexity index is 1300. The number of non-ortho nitro benzene ring substituents is 1. The van der Waals surface area contributed by atoms with Crippen LogP contribution < -0.4 is 5.32 Å². The van der Waals surface area contributed by atoms with Gasteiger partial charge in [0.05, 0.1) is 37.6 Å². The van der Waals surface area contributed by atoms with Crippen molar-refractivity contribution in [2.45, 2.75) is 0 Å². The van der Waals surface area contributed by atoms with Crippen molar-refractivity contribution in [3.05, 3.63) is 91.8 Å². The van der Waals surface area contributed by atoms with Gasteiger partial charge in [0, 0.05) is 11.5 Å². The summed E-state index contributed by atoms with van der Waals surface area (Å²) < 4.78 is 0. The van der Waals surface area contributed by atoms with Gasteiger partial charge in [0.25, 0.3) is 17.3 Å². The third-order valence-electron chi connectivity index (χ3n) is 4.37. The van der Waals surface area contributed by atoms with Crippen LogP contribution in [0.2, 0.25) is 0 Å². The Kier molecular flexibility index (Phi) is 4.90. The molecule has 9 nitrogen and oxygen atoms in total. The van der Waals surface area contributed by atoms with Crippen molar-refractivity contribution >= 4 is 45.2 Å². The fourth-order valence-corrected chi connectivity index (χ4v) is 3.68. The first kappa shape index (κ1) is 19.2. The summed E-state index contributed by atoms with van der Waals surface area (Å²) in [4.78, 5) is 39.3. The van der Waals surface area contributed by atoms with Crippen LogP contribution in [-0.2, 0) is 0 Å². The van der Waals surface area contributed by atoms with Crippen molar-refractivity contribution in [1.82, 2.24) is 4.98 Å². The van der Waals surface area contributed by atoms with Crippen molar-refractivity contribution in [3.8, 4) is 10.6 Å². The third kappa shape index (κ3) is 3.59. The van der Waals surface area contributed by atoms with E-state index < -0.39 is 27.1 Å². The molecule has 1 N–H and O–H groups in total. The first-order valence-corrected chi connectivity index (χ1v) is 9.50. The van der Waals surface area contributed by atoms with Gasteiger partial charge in [-0.2, -0.15) is 0 Å². The molecule has 2 aromatic heterocycles. The lowest BCUT2D eigenvalue weighted by Gasteiger charge is -2.10. The molecule has 4 rings (SSSR count). The maximum absolute atomic E-state index is 13.1. The number of para-hydroxylation sites is 1. The molecule has 0 aliphatic carbocycles. The topological polar surface area (TPSA) is 128 Å². The number of carbonyl (C=O) groups excluding carboxylic acids is 1. The molecule has 0 aliphatic heterocycles. The molecular formula is C20H12N4O5S. The van der Waals surface area contributed by atoms with E-state index in [0.717, 1.165) is 23.1 Å². The number of amides is 1. The van der Waals surface area contributed by atoms with E-state index in [2.05, 4.69) is 10.3 Å². The first-order valence-electron chi connectivity index (χ1n) is 8.62. The normalized spacial score (nSPS) is 10.7. The van der Waals surface area contributed by atoms with E-state index in [1.807, 2.05) is 17.5 Å². The number of nitro benzene ring substituents is 2. The first-order chi connectivity index (χ1) is 14.4. The zero-order chi connectivity index (χ0) is 21.3. The molecule has 0 saturated carbocycles. The van der Waals surface area contributed by atoms with E-state index in [-0.39, 0.29) is 11.3 Å². The molecule has 10 heteroatoms. The van der Waals surface area contributed by atoms with E-state index in [4.69, 9.17) is 0 Å². The molecule has 0 saturated heterocycles. The monoisotopic (exact) mass is 420 g/mol. The van der Waals surface area contributed by atoms with Crippen LogP contribution in [0.15, 0.2) is 66.0 Å². The summed E-state index contributed by atoms with van der Waals surface area (Å²) in [5.74, 6) is -0.580. The number of hydrogen-bond donors (Lipinski definition) is 1. The van der Waals surface area contributed by atoms with Crippen LogP contribution in [0.5, 0.6) is 0 Å². The number of pyridine rings is 1. The van der Waals surface area contributed by atoms with Crippen LogP contribution in [0.3, 0.4) is 0 Å². The van der Waals surface area contributed by atoms with E-state index in [1.165, 1.54) is 11.3 Å². The number of anilines is 1. The van der Waals surface area contributed by atoms with E-state index in [1.54, 1.807) is 30.3 Å². The minimum absolute atomic E-state index is 0.130. The number of thiophene rings is 1. The SMILES string of the molecule is O=C(Nc1ccc([N+](=O)[O-])cc1[N+](=O)[O-])c1cc(-c2cccs2)nc2ccccc12. The molecule has 2 heterocycles. The average Bonchev–Trinajstić information content (AvgIpc) is 3.27. The van der Waals surface area contributed by atoms with Crippen LogP contribution >= 0.6 is 11.3 Å². The predicted octanol–water partition coefficient (Wildman–Crippen LogP) is 5.03. The number of rotatable bonds is 5. The lowest BCUT2D eigenvalue weighted by atomic mass is 10.1. The maximum atomic E-state index is 13.1. The van der Waals surface area contributed by atoms with E-state index in [0.29, 0.717) is 16.6 Å². The van der Waals surface area contributed by atoms with Crippen LogP contribution in [0.4, 0.5) is 17.1 Å². The Morgan fingerprint density at radius 3 is 2.47 bits per heavy atom. The molecule has 4 aromatic rings. The Morgan fingerprint density at radius 1 is 0.967 bits per heavy atom. The smallest absolute Gasteiger partial charge is 0.299 e. The van der Waals surface area contributed by atoms with Gasteiger partial charge >= 0.3 is 0 Å². The Morgan fingerprint density at radius 2 is 1.77 bits per heavy atom. The molecule has 0 spiro atoms. The second-order valence-electron chi connectivity index (χ2n) is 6.22. The number of aromatic nitrogens is 1. The minimum Gasteiger partial charge on any atom is -0.316 e. The van der Waals surface area contributed by atoms with Gasteiger partial charge in [-0.25, -0.2) is 4.98 Å². The van der Waals surface area contributed by atoms with Gasteiger partial charge < -0.3 is 5.32 Å². The van der Waals surface area contributed by atoms with Gasteiger partial charge in [0.1, 0.15) is 5.69 Å². The van der Waals surface area contributed by atoms with E-state index >= 15 is 0 Å². The van der Waals surface area contributed by atoms with Crippen LogP contribution in [0.25, 0.3) is 21.5 Å². The number of nitro groups is 2. The fraction of sp³-hybridized carbons (Fsp3) is 0. The van der Waals surface area contributed by atoms with Gasteiger partial charge in [0.15, 0.2) is 0 Å². The lowest BCUT2D eigenvalue weighted by molar-refractivity contribution is -0.393. The predicted molar refractivity (Wildman–Crippen MR) is 113 cm³/mol. The average molecular weight is 420 g/mol. The molecule has 0 unspecified atom stereocenters. The second kappa shape index (κ2) is 7.68. The Hall–Kier alpha value is -4.18. The molecule has 0 atom stereocenters. The van der Waals surface area contributed by atoms with Crippen molar-refractivity contribution in [1.29, 1.82) is 0 Å². The minimum atomic E-state index is -0.773. The second-order valence-corrected chi connectivity index (χ2v) is 7.17. The molecule has 0 aliphatic rings. The summed E-state index contributed by atoms with van der Waals surface area (Å²) in [5, 5.41) is 27.3. The third-order valence-corrected chi connectivity index (χ3v) is 5.26. The summed E-state index contributed by atoms with van der Waals surface area (Å²) in [6.07, 6.45) is 0. The molecule has 30 heavy (non-hydrogen) atoms. The summed E-state index contributed by atoms with van der Waals surface area (Å²) in [6.45, 7) is 0. The van der Waals surface area contributed by atoms with Crippen LogP contribution in [0.1, 0.15) is 10.4 Å². The highest BCUT2D eigenvalue weighted by Crippen LogP contribution is 2.31. The summed E-state index contributed by atoms with van der Waals surface area (Å²) in [5.41, 5.74) is 0.369. The lowest BCUT2D eigenvalue weighted by Crippen LogP contribution is -2.14.